The molecule has 1 saturated heterocycles. The molecule has 0 radical (unpaired) electrons. The number of benzene rings is 1. The number of alkyl halides is 4. The van der Waals surface area contributed by atoms with Crippen molar-refractivity contribution in [2.45, 2.75) is 30.4 Å². The van der Waals surface area contributed by atoms with Crippen LogP contribution in [0.5, 0.6) is 0 Å². The predicted octanol–water partition coefficient (Wildman–Crippen LogP) is 4.13. The van der Waals surface area contributed by atoms with Gasteiger partial charge in [0, 0.05) is 24.1 Å². The van der Waals surface area contributed by atoms with Crippen LogP contribution in [0.2, 0.25) is 0 Å². The van der Waals surface area contributed by atoms with Crippen molar-refractivity contribution in [1.29, 1.82) is 0 Å². The number of piperidine rings is 1. The van der Waals surface area contributed by atoms with E-state index in [0.717, 1.165) is 25.9 Å². The van der Waals surface area contributed by atoms with Crippen molar-refractivity contribution in [3.63, 3.8) is 0 Å². The van der Waals surface area contributed by atoms with Gasteiger partial charge in [-0.25, -0.2) is 0 Å². The lowest BCUT2D eigenvalue weighted by Crippen LogP contribution is -2.42. The van der Waals surface area contributed by atoms with Crippen molar-refractivity contribution < 1.29 is 13.2 Å². The average molecular weight is 365 g/mol. The predicted molar refractivity (Wildman–Crippen MR) is 83.0 cm³/mol. The highest BCUT2D eigenvalue weighted by atomic mass is 79.9. The Bertz CT molecular complexity index is 482. The summed E-state index contributed by atoms with van der Waals surface area (Å²) < 4.78 is 39.4. The molecule has 0 saturated carbocycles. The molecule has 6 heteroatoms. The molecule has 0 N–H and O–H groups in total. The Balaban J connectivity index is 2.23. The highest BCUT2D eigenvalue weighted by molar-refractivity contribution is 9.08. The van der Waals surface area contributed by atoms with E-state index in [9.17, 15) is 13.2 Å². The Kier molecular flexibility index (Phi) is 5.20. The maximum Gasteiger partial charge on any atom is 0.416 e. The third kappa shape index (κ3) is 3.92. The summed E-state index contributed by atoms with van der Waals surface area (Å²) in [5.74, 6) is 0. The third-order valence-electron chi connectivity index (χ3n) is 4.19. The topological polar surface area (TPSA) is 6.48 Å². The fourth-order valence-corrected chi connectivity index (χ4v) is 3.25. The van der Waals surface area contributed by atoms with Crippen LogP contribution in [0, 0.1) is 0 Å². The fourth-order valence-electron chi connectivity index (χ4n) is 2.76. The van der Waals surface area contributed by atoms with Crippen molar-refractivity contribution in [3.05, 3.63) is 29.3 Å². The van der Waals surface area contributed by atoms with Crippen LogP contribution in [-0.4, -0.2) is 38.1 Å². The second kappa shape index (κ2) is 6.57. The number of anilines is 1. The average Bonchev–Trinajstić information content (AvgIpc) is 2.45. The van der Waals surface area contributed by atoms with E-state index in [0.29, 0.717) is 11.7 Å². The quantitative estimate of drug-likeness (QED) is 0.744. The van der Waals surface area contributed by atoms with Crippen LogP contribution >= 0.6 is 15.9 Å². The Morgan fingerprint density at radius 3 is 2.43 bits per heavy atom. The molecule has 0 spiro atoms. The van der Waals surface area contributed by atoms with Gasteiger partial charge in [-0.3, -0.25) is 0 Å². The minimum atomic E-state index is -4.31. The molecule has 2 nitrogen and oxygen atoms in total. The van der Waals surface area contributed by atoms with Crippen LogP contribution in [0.25, 0.3) is 0 Å². The molecule has 0 aromatic heterocycles. The van der Waals surface area contributed by atoms with Gasteiger partial charge in [0.2, 0.25) is 0 Å². The molecular formula is C15H20BrF3N2. The van der Waals surface area contributed by atoms with Crippen LogP contribution < -0.4 is 4.90 Å². The summed E-state index contributed by atoms with van der Waals surface area (Å²) in [7, 11) is 3.96. The molecule has 0 bridgehead atoms. The lowest BCUT2D eigenvalue weighted by atomic mass is 10.0. The molecule has 0 aliphatic carbocycles. The standard InChI is InChI=1S/C15H20BrF3N2/c1-20-7-5-12(6-8-20)21(2)13-4-3-11(10-16)14(9-13)15(17,18)19/h3-4,9,12H,5-8,10H2,1-2H3. The van der Waals surface area contributed by atoms with Gasteiger partial charge in [-0.05, 0) is 50.7 Å². The first-order valence-corrected chi connectivity index (χ1v) is 8.12. The third-order valence-corrected chi connectivity index (χ3v) is 4.79. The lowest BCUT2D eigenvalue weighted by Gasteiger charge is -2.36. The van der Waals surface area contributed by atoms with E-state index < -0.39 is 11.7 Å². The zero-order valence-electron chi connectivity index (χ0n) is 12.3. The first-order valence-electron chi connectivity index (χ1n) is 7.00. The van der Waals surface area contributed by atoms with E-state index in [4.69, 9.17) is 0 Å². The summed E-state index contributed by atoms with van der Waals surface area (Å²) in [5.41, 5.74) is 0.376. The van der Waals surface area contributed by atoms with Crippen molar-refractivity contribution in [3.8, 4) is 0 Å². The minimum Gasteiger partial charge on any atom is -0.372 e. The number of halogens is 4. The van der Waals surface area contributed by atoms with Crippen molar-refractivity contribution >= 4 is 21.6 Å². The van der Waals surface area contributed by atoms with Crippen molar-refractivity contribution in [1.82, 2.24) is 4.90 Å². The van der Waals surface area contributed by atoms with Gasteiger partial charge in [0.15, 0.2) is 0 Å². The second-order valence-corrected chi connectivity index (χ2v) is 6.18. The van der Waals surface area contributed by atoms with Gasteiger partial charge in [-0.15, -0.1) is 0 Å². The van der Waals surface area contributed by atoms with Crippen LogP contribution in [0.15, 0.2) is 18.2 Å². The summed E-state index contributed by atoms with van der Waals surface area (Å²) >= 11 is 3.13. The Labute approximate surface area is 132 Å². The smallest absolute Gasteiger partial charge is 0.372 e. The normalized spacial score (nSPS) is 18.0. The van der Waals surface area contributed by atoms with Gasteiger partial charge in [0.05, 0.1) is 5.56 Å². The van der Waals surface area contributed by atoms with Gasteiger partial charge in [0.25, 0.3) is 0 Å². The largest absolute Gasteiger partial charge is 0.416 e. The minimum absolute atomic E-state index is 0.208. The van der Waals surface area contributed by atoms with Gasteiger partial charge in [0.1, 0.15) is 0 Å². The van der Waals surface area contributed by atoms with Crippen LogP contribution in [0.3, 0.4) is 0 Å². The molecule has 1 aliphatic heterocycles. The molecule has 1 heterocycles. The number of rotatable bonds is 3. The molecule has 118 valence electrons. The van der Waals surface area contributed by atoms with E-state index in [1.165, 1.54) is 6.07 Å². The number of hydrogen-bond acceptors (Lipinski definition) is 2. The first kappa shape index (κ1) is 16.6. The zero-order chi connectivity index (χ0) is 15.6. The van der Waals surface area contributed by atoms with E-state index in [-0.39, 0.29) is 10.9 Å². The Hall–Kier alpha value is -0.750. The van der Waals surface area contributed by atoms with Crippen LogP contribution in [0.4, 0.5) is 18.9 Å². The summed E-state index contributed by atoms with van der Waals surface area (Å²) in [6.45, 7) is 1.97. The van der Waals surface area contributed by atoms with Gasteiger partial charge >= 0.3 is 6.18 Å². The van der Waals surface area contributed by atoms with Crippen LogP contribution in [-0.2, 0) is 11.5 Å². The zero-order valence-corrected chi connectivity index (χ0v) is 13.8. The molecule has 0 atom stereocenters. The van der Waals surface area contributed by atoms with Gasteiger partial charge in [-0.2, -0.15) is 13.2 Å². The summed E-state index contributed by atoms with van der Waals surface area (Å²) in [5, 5.41) is 0.208. The number of hydrogen-bond donors (Lipinski definition) is 0. The molecule has 2 rings (SSSR count). The monoisotopic (exact) mass is 364 g/mol. The second-order valence-electron chi connectivity index (χ2n) is 5.62. The SMILES string of the molecule is CN1CCC(N(C)c2ccc(CBr)c(C(F)(F)F)c2)CC1. The molecule has 1 aliphatic rings. The highest BCUT2D eigenvalue weighted by Gasteiger charge is 2.34. The number of nitrogens with zero attached hydrogens (tertiary/aromatic N) is 2. The lowest BCUT2D eigenvalue weighted by molar-refractivity contribution is -0.138. The molecule has 21 heavy (non-hydrogen) atoms. The molecule has 1 aromatic carbocycles. The Morgan fingerprint density at radius 2 is 1.90 bits per heavy atom. The molecule has 0 unspecified atom stereocenters. The van der Waals surface area contributed by atoms with E-state index in [1.807, 2.05) is 11.9 Å². The molecular weight excluding hydrogens is 345 g/mol. The van der Waals surface area contributed by atoms with Crippen LogP contribution in [0.1, 0.15) is 24.0 Å². The Morgan fingerprint density at radius 1 is 1.29 bits per heavy atom. The fraction of sp³-hybridized carbons (Fsp3) is 0.600. The van der Waals surface area contributed by atoms with E-state index >= 15 is 0 Å². The van der Waals surface area contributed by atoms with Crippen molar-refractivity contribution in [2.24, 2.45) is 0 Å². The van der Waals surface area contributed by atoms with Gasteiger partial charge < -0.3 is 9.80 Å². The molecule has 0 amide bonds. The van der Waals surface area contributed by atoms with Gasteiger partial charge in [-0.1, -0.05) is 22.0 Å². The van der Waals surface area contributed by atoms with E-state index in [1.54, 1.807) is 12.1 Å². The highest BCUT2D eigenvalue weighted by Crippen LogP contribution is 2.36. The molecule has 1 aromatic rings. The van der Waals surface area contributed by atoms with Crippen molar-refractivity contribution in [2.75, 3.05) is 32.1 Å². The summed E-state index contributed by atoms with van der Waals surface area (Å²) in [4.78, 5) is 4.24. The molecule has 1 fully saturated rings. The summed E-state index contributed by atoms with van der Waals surface area (Å²) in [6.07, 6.45) is -2.35. The summed E-state index contributed by atoms with van der Waals surface area (Å²) in [6, 6.07) is 4.93. The maximum absolute atomic E-state index is 13.1. The van der Waals surface area contributed by atoms with E-state index in [2.05, 4.69) is 27.9 Å². The first-order chi connectivity index (χ1) is 9.82. The number of likely N-dealkylation sites (tertiary alicyclic amines) is 1. The maximum atomic E-state index is 13.1.